The zero-order chi connectivity index (χ0) is 11.8. The van der Waals surface area contributed by atoms with Gasteiger partial charge in [-0.1, -0.05) is 39.0 Å². The lowest BCUT2D eigenvalue weighted by atomic mass is 10.0. The first kappa shape index (κ1) is 14.0. The van der Waals surface area contributed by atoms with E-state index in [0.29, 0.717) is 0 Å². The van der Waals surface area contributed by atoms with E-state index in [4.69, 9.17) is 5.73 Å². The van der Waals surface area contributed by atoms with Gasteiger partial charge in [-0.05, 0) is 45.3 Å². The van der Waals surface area contributed by atoms with Crippen molar-refractivity contribution in [3.05, 3.63) is 0 Å². The van der Waals surface area contributed by atoms with Crippen LogP contribution >= 0.6 is 0 Å². The molecule has 2 nitrogen and oxygen atoms in total. The van der Waals surface area contributed by atoms with Crippen molar-refractivity contribution in [2.75, 3.05) is 20.1 Å². The Balaban J connectivity index is 2.11. The lowest BCUT2D eigenvalue weighted by Crippen LogP contribution is -2.38. The van der Waals surface area contributed by atoms with E-state index in [1.54, 1.807) is 0 Å². The maximum absolute atomic E-state index is 5.83. The summed E-state index contributed by atoms with van der Waals surface area (Å²) in [7, 11) is 2.29. The van der Waals surface area contributed by atoms with Crippen molar-refractivity contribution < 1.29 is 0 Å². The van der Waals surface area contributed by atoms with E-state index in [1.807, 2.05) is 0 Å². The van der Waals surface area contributed by atoms with Gasteiger partial charge in [-0.3, -0.25) is 0 Å². The summed E-state index contributed by atoms with van der Waals surface area (Å²) < 4.78 is 0. The Labute approximate surface area is 102 Å². The highest BCUT2D eigenvalue weighted by Gasteiger charge is 2.28. The van der Waals surface area contributed by atoms with Gasteiger partial charge in [0.25, 0.3) is 0 Å². The molecular weight excluding hydrogens is 196 g/mol. The van der Waals surface area contributed by atoms with E-state index in [-0.39, 0.29) is 0 Å². The maximum Gasteiger partial charge on any atom is 0.0132 e. The normalized spacial score (nSPS) is 25.5. The Hall–Kier alpha value is -0.0800. The summed E-state index contributed by atoms with van der Waals surface area (Å²) in [6, 6.07) is 0.774. The number of hydrogen-bond acceptors (Lipinski definition) is 2. The number of nitrogens with two attached hydrogens (primary N) is 1. The molecular formula is C14H30N2. The molecule has 96 valence electrons. The van der Waals surface area contributed by atoms with Crippen LogP contribution in [-0.2, 0) is 0 Å². The predicted molar refractivity (Wildman–Crippen MR) is 71.6 cm³/mol. The van der Waals surface area contributed by atoms with Crippen LogP contribution in [0.2, 0.25) is 0 Å². The summed E-state index contributed by atoms with van der Waals surface area (Å²) in [5.41, 5.74) is 5.83. The van der Waals surface area contributed by atoms with Gasteiger partial charge in [0.15, 0.2) is 0 Å². The third-order valence-corrected chi connectivity index (χ3v) is 4.10. The summed E-state index contributed by atoms with van der Waals surface area (Å²) in [5, 5.41) is 0. The van der Waals surface area contributed by atoms with E-state index in [1.165, 1.54) is 57.9 Å². The quantitative estimate of drug-likeness (QED) is 0.645. The van der Waals surface area contributed by atoms with Crippen LogP contribution < -0.4 is 5.73 Å². The Bertz CT molecular complexity index is 170. The van der Waals surface area contributed by atoms with Crippen molar-refractivity contribution in [2.24, 2.45) is 11.7 Å². The molecule has 0 aliphatic heterocycles. The van der Waals surface area contributed by atoms with Gasteiger partial charge in [0.05, 0.1) is 0 Å². The van der Waals surface area contributed by atoms with Crippen molar-refractivity contribution in [1.29, 1.82) is 0 Å². The summed E-state index contributed by atoms with van der Waals surface area (Å²) in [5.74, 6) is 0.764. The molecule has 0 saturated heterocycles. The highest BCUT2D eigenvalue weighted by molar-refractivity contribution is 4.84. The molecule has 0 heterocycles. The Morgan fingerprint density at radius 1 is 1.12 bits per heavy atom. The molecule has 2 unspecified atom stereocenters. The molecule has 1 saturated carbocycles. The van der Waals surface area contributed by atoms with Gasteiger partial charge in [0.2, 0.25) is 0 Å². The summed E-state index contributed by atoms with van der Waals surface area (Å²) in [4.78, 5) is 2.57. The highest BCUT2D eigenvalue weighted by atomic mass is 15.1. The van der Waals surface area contributed by atoms with Crippen LogP contribution in [-0.4, -0.2) is 31.1 Å². The van der Waals surface area contributed by atoms with E-state index in [9.17, 15) is 0 Å². The van der Waals surface area contributed by atoms with Gasteiger partial charge in [-0.2, -0.15) is 0 Å². The highest BCUT2D eigenvalue weighted by Crippen LogP contribution is 2.28. The van der Waals surface area contributed by atoms with Crippen molar-refractivity contribution in [1.82, 2.24) is 4.90 Å². The topological polar surface area (TPSA) is 29.3 Å². The number of hydrogen-bond donors (Lipinski definition) is 1. The number of unbranched alkanes of at least 4 members (excludes halogenated alkanes) is 4. The van der Waals surface area contributed by atoms with E-state index in [0.717, 1.165) is 18.5 Å². The van der Waals surface area contributed by atoms with Crippen LogP contribution in [0.25, 0.3) is 0 Å². The third-order valence-electron chi connectivity index (χ3n) is 4.10. The monoisotopic (exact) mass is 226 g/mol. The van der Waals surface area contributed by atoms with Gasteiger partial charge in [0, 0.05) is 6.04 Å². The standard InChI is InChI=1S/C14H30N2/c1-3-4-5-6-7-11-16(2)14-10-8-9-13(14)12-15/h13-14H,3-12,15H2,1-2H3. The largest absolute Gasteiger partial charge is 0.330 e. The van der Waals surface area contributed by atoms with E-state index >= 15 is 0 Å². The zero-order valence-electron chi connectivity index (χ0n) is 11.3. The van der Waals surface area contributed by atoms with Crippen LogP contribution in [0.5, 0.6) is 0 Å². The number of nitrogens with zero attached hydrogens (tertiary/aromatic N) is 1. The summed E-state index contributed by atoms with van der Waals surface area (Å²) in [6.45, 7) is 4.42. The molecule has 2 atom stereocenters. The van der Waals surface area contributed by atoms with Crippen LogP contribution in [0.15, 0.2) is 0 Å². The minimum atomic E-state index is 0.764. The SMILES string of the molecule is CCCCCCCN(C)C1CCCC1CN. The summed E-state index contributed by atoms with van der Waals surface area (Å²) >= 11 is 0. The Kier molecular flexibility index (Phi) is 7.06. The molecule has 1 aliphatic carbocycles. The smallest absolute Gasteiger partial charge is 0.0132 e. The molecule has 0 aromatic heterocycles. The maximum atomic E-state index is 5.83. The second-order valence-electron chi connectivity index (χ2n) is 5.39. The summed E-state index contributed by atoms with van der Waals surface area (Å²) in [6.07, 6.45) is 11.0. The van der Waals surface area contributed by atoms with Gasteiger partial charge < -0.3 is 10.6 Å². The van der Waals surface area contributed by atoms with Crippen LogP contribution in [0.4, 0.5) is 0 Å². The third kappa shape index (κ3) is 4.42. The van der Waals surface area contributed by atoms with Crippen molar-refractivity contribution in [2.45, 2.75) is 64.3 Å². The molecule has 0 aromatic rings. The van der Waals surface area contributed by atoms with Gasteiger partial charge in [-0.15, -0.1) is 0 Å². The second kappa shape index (κ2) is 8.08. The van der Waals surface area contributed by atoms with Crippen LogP contribution in [0.1, 0.15) is 58.3 Å². The number of rotatable bonds is 8. The van der Waals surface area contributed by atoms with Gasteiger partial charge in [0.1, 0.15) is 0 Å². The van der Waals surface area contributed by atoms with Crippen molar-refractivity contribution in [3.8, 4) is 0 Å². The predicted octanol–water partition coefficient (Wildman–Crippen LogP) is 3.02. The lowest BCUT2D eigenvalue weighted by molar-refractivity contribution is 0.196. The van der Waals surface area contributed by atoms with Gasteiger partial charge >= 0.3 is 0 Å². The molecule has 0 amide bonds. The molecule has 1 rings (SSSR count). The van der Waals surface area contributed by atoms with Gasteiger partial charge in [-0.25, -0.2) is 0 Å². The fourth-order valence-corrected chi connectivity index (χ4v) is 3.00. The van der Waals surface area contributed by atoms with Crippen LogP contribution in [0.3, 0.4) is 0 Å². The first-order chi connectivity index (χ1) is 7.79. The minimum absolute atomic E-state index is 0.764. The van der Waals surface area contributed by atoms with Crippen LogP contribution in [0, 0.1) is 5.92 Å². The van der Waals surface area contributed by atoms with E-state index in [2.05, 4.69) is 18.9 Å². The molecule has 1 aliphatic rings. The molecule has 0 aromatic carbocycles. The fourth-order valence-electron chi connectivity index (χ4n) is 3.00. The van der Waals surface area contributed by atoms with Crippen molar-refractivity contribution >= 4 is 0 Å². The molecule has 16 heavy (non-hydrogen) atoms. The molecule has 2 heteroatoms. The molecule has 2 N–H and O–H groups in total. The Morgan fingerprint density at radius 2 is 1.88 bits per heavy atom. The molecule has 0 radical (unpaired) electrons. The first-order valence-corrected chi connectivity index (χ1v) is 7.20. The second-order valence-corrected chi connectivity index (χ2v) is 5.39. The average Bonchev–Trinajstić information content (AvgIpc) is 2.76. The molecule has 0 bridgehead atoms. The first-order valence-electron chi connectivity index (χ1n) is 7.20. The van der Waals surface area contributed by atoms with E-state index < -0.39 is 0 Å². The molecule has 1 fully saturated rings. The zero-order valence-corrected chi connectivity index (χ0v) is 11.3. The van der Waals surface area contributed by atoms with Crippen molar-refractivity contribution in [3.63, 3.8) is 0 Å². The average molecular weight is 226 g/mol. The minimum Gasteiger partial charge on any atom is -0.330 e. The molecule has 0 spiro atoms. The Morgan fingerprint density at radius 3 is 2.56 bits per heavy atom. The lowest BCUT2D eigenvalue weighted by Gasteiger charge is -2.29. The fraction of sp³-hybridized carbons (Fsp3) is 1.00.